The third-order valence-corrected chi connectivity index (χ3v) is 3.00. The molecule has 0 amide bonds. The van der Waals surface area contributed by atoms with Gasteiger partial charge in [-0.2, -0.15) is 4.89 Å². The first-order chi connectivity index (χ1) is 12.1. The van der Waals surface area contributed by atoms with Crippen molar-refractivity contribution in [3.05, 3.63) is 0 Å². The van der Waals surface area contributed by atoms with Crippen LogP contribution in [0.25, 0.3) is 0 Å². The molecule has 0 heterocycles. The van der Waals surface area contributed by atoms with Crippen LogP contribution in [0, 0.1) is 0 Å². The fourth-order valence-corrected chi connectivity index (χ4v) is 1.77. The van der Waals surface area contributed by atoms with Gasteiger partial charge in [0, 0.05) is 13.1 Å². The number of rotatable bonds is 16. The Bertz CT molecular complexity index is 272. The van der Waals surface area contributed by atoms with Gasteiger partial charge in [0.15, 0.2) is 0 Å². The van der Waals surface area contributed by atoms with Crippen molar-refractivity contribution in [2.24, 2.45) is 0 Å². The van der Waals surface area contributed by atoms with Gasteiger partial charge in [-0.05, 0) is 12.8 Å². The fraction of sp³-hybridized carbons (Fsp3) is 1.00. The first-order valence-corrected chi connectivity index (χ1v) is 9.76. The van der Waals surface area contributed by atoms with E-state index in [1.54, 1.807) is 0 Å². The molecule has 0 radical (unpaired) electrons. The van der Waals surface area contributed by atoms with E-state index in [0.29, 0.717) is 13.2 Å². The van der Waals surface area contributed by atoms with E-state index in [1.807, 2.05) is 13.8 Å². The first-order valence-electron chi connectivity index (χ1n) is 8.42. The third kappa shape index (κ3) is 13.9. The summed E-state index contributed by atoms with van der Waals surface area (Å²) in [5.74, 6) is -1.73. The summed E-state index contributed by atoms with van der Waals surface area (Å²) in [6.07, 6.45) is 2.68. The molecule has 0 atom stereocenters. The molecule has 0 aromatic carbocycles. The fourth-order valence-electron chi connectivity index (χ4n) is 1.77. The summed E-state index contributed by atoms with van der Waals surface area (Å²) in [5.41, 5.74) is 0. The molecule has 0 saturated heterocycles. The minimum absolute atomic E-state index is 0.0945. The quantitative estimate of drug-likeness (QED) is 0.0657. The molecular weight excluding hydrogens is 372 g/mol. The number of aliphatic hydroxyl groups excluding tert-OH is 2. The van der Waals surface area contributed by atoms with Gasteiger partial charge in [0.2, 0.25) is 0 Å². The number of ether oxygens (including phenoxy) is 2. The van der Waals surface area contributed by atoms with Crippen molar-refractivity contribution in [1.82, 2.24) is 10.6 Å². The van der Waals surface area contributed by atoms with E-state index in [9.17, 15) is 5.26 Å². The predicted octanol–water partition coefficient (Wildman–Crippen LogP) is -0.425. The Labute approximate surface area is 158 Å². The number of aliphatic hydroxyl groups is 2. The molecule has 151 valence electrons. The summed E-state index contributed by atoms with van der Waals surface area (Å²) in [6, 6.07) is 0. The zero-order valence-electron chi connectivity index (χ0n) is 15.1. The van der Waals surface area contributed by atoms with Crippen LogP contribution in [-0.2, 0) is 37.2 Å². The Hall–Kier alpha value is 0.154. The monoisotopic (exact) mass is 405 g/mol. The molecule has 0 rings (SSSR count). The summed E-state index contributed by atoms with van der Waals surface area (Å²) in [7, 11) is 0. The average molecular weight is 405 g/mol. The molecule has 0 saturated carbocycles. The second-order valence-corrected chi connectivity index (χ2v) is 5.26. The van der Waals surface area contributed by atoms with E-state index < -0.39 is 31.6 Å². The number of hydrogen-bond donors (Lipinski definition) is 6. The van der Waals surface area contributed by atoms with Crippen LogP contribution in [0.4, 0.5) is 0 Å². The molecule has 10 nitrogen and oxygen atoms in total. The molecule has 0 aromatic heterocycles. The minimum atomic E-state index is -1.75. The molecular formula is C14H33N2O8Ti. The topological polar surface area (TPSA) is 150 Å². The van der Waals surface area contributed by atoms with Crippen molar-refractivity contribution in [3.63, 3.8) is 0 Å². The Morgan fingerprint density at radius 2 is 1.40 bits per heavy atom. The maximum atomic E-state index is 9.39. The second kappa shape index (κ2) is 20.5. The van der Waals surface area contributed by atoms with Crippen LogP contribution in [-0.4, -0.2) is 70.8 Å². The van der Waals surface area contributed by atoms with E-state index >= 15 is 0 Å². The molecule has 0 unspecified atom stereocenters. The SMILES string of the molecule is CCCCOC(OO)(OCCCC)C(NCCO)NCCO.[O]=[Ti][OH]. The molecule has 6 N–H and O–H groups in total. The van der Waals surface area contributed by atoms with Gasteiger partial charge in [0.1, 0.15) is 6.17 Å². The van der Waals surface area contributed by atoms with Gasteiger partial charge in [0.05, 0.1) is 26.4 Å². The van der Waals surface area contributed by atoms with Crippen molar-refractivity contribution < 1.29 is 56.4 Å². The molecule has 11 heteroatoms. The number of hydrogen-bond acceptors (Lipinski definition) is 9. The molecule has 0 aliphatic carbocycles. The Kier molecular flexibility index (Phi) is 22.4. The van der Waals surface area contributed by atoms with Crippen molar-refractivity contribution in [2.75, 3.05) is 39.5 Å². The van der Waals surface area contributed by atoms with Crippen molar-refractivity contribution in [1.29, 1.82) is 0 Å². The van der Waals surface area contributed by atoms with Crippen molar-refractivity contribution in [3.8, 4) is 0 Å². The zero-order valence-corrected chi connectivity index (χ0v) is 16.6. The van der Waals surface area contributed by atoms with Gasteiger partial charge in [-0.3, -0.25) is 10.6 Å². The third-order valence-electron chi connectivity index (χ3n) is 3.00. The Balaban J connectivity index is 0. The van der Waals surface area contributed by atoms with Gasteiger partial charge in [-0.1, -0.05) is 26.7 Å². The zero-order chi connectivity index (χ0) is 19.4. The summed E-state index contributed by atoms with van der Waals surface area (Å²) in [4.78, 5) is 4.55. The van der Waals surface area contributed by atoms with Crippen LogP contribution in [0.5, 0.6) is 0 Å². The molecule has 25 heavy (non-hydrogen) atoms. The molecule has 0 spiro atoms. The Morgan fingerprint density at radius 3 is 1.68 bits per heavy atom. The normalized spacial score (nSPS) is 11.2. The Morgan fingerprint density at radius 1 is 1.00 bits per heavy atom. The van der Waals surface area contributed by atoms with E-state index in [0.717, 1.165) is 25.7 Å². The first kappa shape index (κ1) is 27.4. The van der Waals surface area contributed by atoms with E-state index in [1.165, 1.54) is 0 Å². The van der Waals surface area contributed by atoms with E-state index in [4.69, 9.17) is 26.7 Å². The summed E-state index contributed by atoms with van der Waals surface area (Å²) < 4.78 is 27.0. The number of nitrogens with one attached hydrogen (secondary N) is 2. The average Bonchev–Trinajstić information content (AvgIpc) is 2.62. The molecule has 0 fully saturated rings. The van der Waals surface area contributed by atoms with E-state index in [2.05, 4.69) is 15.5 Å². The van der Waals surface area contributed by atoms with Gasteiger partial charge < -0.3 is 19.7 Å². The van der Waals surface area contributed by atoms with Crippen molar-refractivity contribution >= 4 is 0 Å². The molecule has 0 aliphatic heterocycles. The van der Waals surface area contributed by atoms with E-state index in [-0.39, 0.29) is 26.3 Å². The summed E-state index contributed by atoms with van der Waals surface area (Å²) >= 11 is -1.75. The molecule has 0 aromatic rings. The van der Waals surface area contributed by atoms with Crippen LogP contribution < -0.4 is 10.6 Å². The standard InChI is InChI=1S/C14H32N2O6.H2O.O.Ti/c1-3-5-11-20-14(22-19,21-12-6-4-2)13(15-7-9-17)16-8-10-18;;;/h13,15-19H,3-12H2,1-2H3;1H2;;/q;;;+1/p-1. The predicted molar refractivity (Wildman–Crippen MR) is 85.0 cm³/mol. The summed E-state index contributed by atoms with van der Waals surface area (Å²) in [5, 5.41) is 33.2. The van der Waals surface area contributed by atoms with Gasteiger partial charge in [-0.15, -0.1) is 0 Å². The van der Waals surface area contributed by atoms with Crippen LogP contribution in [0.1, 0.15) is 39.5 Å². The van der Waals surface area contributed by atoms with Gasteiger partial charge in [-0.25, -0.2) is 5.26 Å². The number of unbranched alkanes of at least 4 members (excludes halogenated alkanes) is 2. The van der Waals surface area contributed by atoms with Crippen LogP contribution in [0.3, 0.4) is 0 Å². The van der Waals surface area contributed by atoms with Crippen LogP contribution in [0.2, 0.25) is 0 Å². The maximum absolute atomic E-state index is 9.39. The second-order valence-electron chi connectivity index (χ2n) is 4.98. The van der Waals surface area contributed by atoms with Crippen LogP contribution in [0.15, 0.2) is 0 Å². The summed E-state index contributed by atoms with van der Waals surface area (Å²) in [6.45, 7) is 5.06. The van der Waals surface area contributed by atoms with Crippen molar-refractivity contribution in [2.45, 2.75) is 51.7 Å². The molecule has 0 bridgehead atoms. The van der Waals surface area contributed by atoms with Gasteiger partial charge >= 0.3 is 32.5 Å². The van der Waals surface area contributed by atoms with Crippen LogP contribution >= 0.6 is 0 Å². The van der Waals surface area contributed by atoms with Gasteiger partial charge in [0.25, 0.3) is 0 Å². The molecule has 0 aliphatic rings.